The maximum absolute atomic E-state index is 12.9. The summed E-state index contributed by atoms with van der Waals surface area (Å²) in [4.78, 5) is 36.2. The third-order valence-corrected chi connectivity index (χ3v) is 8.75. The van der Waals surface area contributed by atoms with Crippen LogP contribution >= 0.6 is 11.8 Å². The van der Waals surface area contributed by atoms with Crippen molar-refractivity contribution in [3.8, 4) is 5.88 Å². The van der Waals surface area contributed by atoms with Gasteiger partial charge < -0.3 is 19.9 Å². The maximum Gasteiger partial charge on any atom is 0.415 e. The van der Waals surface area contributed by atoms with Gasteiger partial charge >= 0.3 is 6.09 Å². The molecule has 1 aliphatic carbocycles. The first kappa shape index (κ1) is 24.0. The first-order chi connectivity index (χ1) is 17.9. The van der Waals surface area contributed by atoms with Crippen LogP contribution in [0.3, 0.4) is 0 Å². The van der Waals surface area contributed by atoms with Crippen molar-refractivity contribution in [1.29, 1.82) is 0 Å². The lowest BCUT2D eigenvalue weighted by atomic mass is 9.73. The molecule has 3 aromatic rings. The van der Waals surface area contributed by atoms with Crippen LogP contribution in [0.4, 0.5) is 16.2 Å². The average Bonchev–Trinajstić information content (AvgIpc) is 3.24. The minimum Gasteiger partial charge on any atom is -0.481 e. The predicted molar refractivity (Wildman–Crippen MR) is 140 cm³/mol. The number of aliphatic hydroxyl groups is 1. The number of aryl methyl sites for hydroxylation is 1. The van der Waals surface area contributed by atoms with Crippen molar-refractivity contribution in [2.45, 2.75) is 54.6 Å². The minimum atomic E-state index is -0.840. The zero-order valence-electron chi connectivity index (χ0n) is 20.5. The highest BCUT2D eigenvalue weighted by atomic mass is 32.2. The largest absolute Gasteiger partial charge is 0.481 e. The lowest BCUT2D eigenvalue weighted by Gasteiger charge is -2.40. The molecule has 37 heavy (non-hydrogen) atoms. The summed E-state index contributed by atoms with van der Waals surface area (Å²) in [7, 11) is 1.59. The molecule has 0 unspecified atom stereocenters. The van der Waals surface area contributed by atoms with Crippen LogP contribution in [0.1, 0.15) is 37.7 Å². The molecule has 1 saturated heterocycles. The summed E-state index contributed by atoms with van der Waals surface area (Å²) < 4.78 is 11.2. The summed E-state index contributed by atoms with van der Waals surface area (Å²) in [5.74, 6) is 0.885. The number of nitrogens with one attached hydrogen (secondary N) is 1. The van der Waals surface area contributed by atoms with Crippen LogP contribution in [0, 0.1) is 0 Å². The summed E-state index contributed by atoms with van der Waals surface area (Å²) in [6, 6.07) is 11.3. The lowest BCUT2D eigenvalue weighted by Crippen LogP contribution is -2.45. The third kappa shape index (κ3) is 4.59. The van der Waals surface area contributed by atoms with Crippen LogP contribution < -0.4 is 15.0 Å². The van der Waals surface area contributed by atoms with E-state index in [1.807, 2.05) is 30.3 Å². The summed E-state index contributed by atoms with van der Waals surface area (Å²) in [6.45, 7) is 0.431. The van der Waals surface area contributed by atoms with Crippen LogP contribution in [0.5, 0.6) is 5.88 Å². The molecule has 0 radical (unpaired) electrons. The number of aromatic nitrogens is 2. The van der Waals surface area contributed by atoms with E-state index in [1.54, 1.807) is 24.3 Å². The highest BCUT2D eigenvalue weighted by molar-refractivity contribution is 8.00. The second kappa shape index (κ2) is 9.18. The van der Waals surface area contributed by atoms with Crippen molar-refractivity contribution in [1.82, 2.24) is 9.97 Å². The summed E-state index contributed by atoms with van der Waals surface area (Å²) in [5.41, 5.74) is 2.58. The highest BCUT2D eigenvalue weighted by Gasteiger charge is 2.50. The number of methoxy groups -OCH3 is 1. The summed E-state index contributed by atoms with van der Waals surface area (Å²) >= 11 is 1.49. The molecule has 192 valence electrons. The van der Waals surface area contributed by atoms with Crippen molar-refractivity contribution in [2.24, 2.45) is 0 Å². The van der Waals surface area contributed by atoms with Crippen molar-refractivity contribution in [2.75, 3.05) is 29.6 Å². The van der Waals surface area contributed by atoms with Gasteiger partial charge in [0.15, 0.2) is 0 Å². The molecule has 2 fully saturated rings. The number of hydrogen-bond acceptors (Lipinski definition) is 8. The Morgan fingerprint density at radius 3 is 2.81 bits per heavy atom. The van der Waals surface area contributed by atoms with Gasteiger partial charge in [0.25, 0.3) is 0 Å². The van der Waals surface area contributed by atoms with Gasteiger partial charge in [-0.25, -0.2) is 9.78 Å². The molecule has 2 N–H and O–H groups in total. The molecule has 2 aliphatic heterocycles. The number of anilines is 2. The molecule has 1 saturated carbocycles. The Hall–Kier alpha value is -3.37. The molecule has 1 spiro atoms. The fraction of sp³-hybridized carbons (Fsp3) is 0.407. The number of thioether (sulfide) groups is 1. The Kier molecular flexibility index (Phi) is 5.95. The average molecular weight is 521 g/mol. The second-order valence-electron chi connectivity index (χ2n) is 10.1. The number of fused-ring (bicyclic) bond motifs is 2. The van der Waals surface area contributed by atoms with Gasteiger partial charge in [0.05, 0.1) is 41.7 Å². The molecule has 2 amide bonds. The van der Waals surface area contributed by atoms with Gasteiger partial charge in [-0.15, -0.1) is 11.8 Å². The molecular weight excluding hydrogens is 492 g/mol. The van der Waals surface area contributed by atoms with Gasteiger partial charge in [-0.05, 0) is 74.4 Å². The van der Waals surface area contributed by atoms with E-state index in [1.165, 1.54) is 11.8 Å². The summed E-state index contributed by atoms with van der Waals surface area (Å²) in [6.07, 6.45) is 4.90. The fourth-order valence-corrected chi connectivity index (χ4v) is 6.27. The standard InChI is InChI=1S/C27H28N4O5S/c1-35-23-5-3-19-24(30-23)17(7-13-28-19)6-8-26(34)9-11-27(12-10-26)16-31(25(33)36-27)18-2-4-21-20(14-18)29-22(32)15-37-21/h2-5,7,13-14,34H,6,8-12,15-16H2,1H3,(H,29,32). The van der Waals surface area contributed by atoms with Crippen LogP contribution in [0.25, 0.3) is 11.0 Å². The number of nitrogens with zero attached hydrogens (tertiary/aromatic N) is 3. The van der Waals surface area contributed by atoms with Gasteiger partial charge in [-0.3, -0.25) is 14.7 Å². The van der Waals surface area contributed by atoms with E-state index >= 15 is 0 Å². The molecule has 0 atom stereocenters. The monoisotopic (exact) mass is 520 g/mol. The Labute approximate surface area is 218 Å². The van der Waals surface area contributed by atoms with Gasteiger partial charge in [0.1, 0.15) is 5.60 Å². The van der Waals surface area contributed by atoms with E-state index in [0.29, 0.717) is 62.4 Å². The molecular formula is C27H28N4O5S. The van der Waals surface area contributed by atoms with Crippen molar-refractivity contribution in [3.05, 3.63) is 48.2 Å². The third-order valence-electron chi connectivity index (χ3n) is 7.68. The van der Waals surface area contributed by atoms with Gasteiger partial charge in [0.2, 0.25) is 11.8 Å². The molecule has 1 aromatic carbocycles. The Bertz CT molecular complexity index is 1390. The number of hydrogen-bond donors (Lipinski definition) is 2. The van der Waals surface area contributed by atoms with Crippen LogP contribution in [0.15, 0.2) is 47.5 Å². The number of carbonyl (C=O) groups excluding carboxylic acids is 2. The quantitative estimate of drug-likeness (QED) is 0.512. The van der Waals surface area contributed by atoms with Gasteiger partial charge in [-0.2, -0.15) is 0 Å². The maximum atomic E-state index is 12.9. The SMILES string of the molecule is COc1ccc2nccc(CCC3(O)CCC4(CC3)CN(c3ccc5c(c3)NC(=O)CS5)C(=O)O4)c2n1. The predicted octanol–water partition coefficient (Wildman–Crippen LogP) is 4.32. The fourth-order valence-electron chi connectivity index (χ4n) is 5.49. The van der Waals surface area contributed by atoms with Crippen LogP contribution in [-0.4, -0.2) is 57.7 Å². The Morgan fingerprint density at radius 2 is 2.00 bits per heavy atom. The zero-order valence-corrected chi connectivity index (χ0v) is 21.3. The minimum absolute atomic E-state index is 0.0450. The Balaban J connectivity index is 1.12. The normalized spacial score (nSPS) is 25.2. The molecule has 9 nitrogen and oxygen atoms in total. The molecule has 2 aromatic heterocycles. The first-order valence-corrected chi connectivity index (χ1v) is 13.4. The van der Waals surface area contributed by atoms with E-state index < -0.39 is 11.2 Å². The molecule has 0 bridgehead atoms. The topological polar surface area (TPSA) is 114 Å². The summed E-state index contributed by atoms with van der Waals surface area (Å²) in [5, 5.41) is 14.3. The number of carbonyl (C=O) groups is 2. The smallest absolute Gasteiger partial charge is 0.415 e. The second-order valence-corrected chi connectivity index (χ2v) is 11.1. The van der Waals surface area contributed by atoms with E-state index in [2.05, 4.69) is 15.3 Å². The van der Waals surface area contributed by atoms with E-state index in [0.717, 1.165) is 27.2 Å². The highest BCUT2D eigenvalue weighted by Crippen LogP contribution is 2.45. The van der Waals surface area contributed by atoms with Crippen LogP contribution in [-0.2, 0) is 16.0 Å². The van der Waals surface area contributed by atoms with Crippen molar-refractivity contribution in [3.63, 3.8) is 0 Å². The van der Waals surface area contributed by atoms with Crippen molar-refractivity contribution >= 4 is 46.2 Å². The first-order valence-electron chi connectivity index (χ1n) is 12.4. The van der Waals surface area contributed by atoms with E-state index in [-0.39, 0.29) is 12.0 Å². The number of benzene rings is 1. The number of ether oxygens (including phenoxy) is 2. The van der Waals surface area contributed by atoms with E-state index in [4.69, 9.17) is 9.47 Å². The van der Waals surface area contributed by atoms with Gasteiger partial charge in [0, 0.05) is 22.8 Å². The lowest BCUT2D eigenvalue weighted by molar-refractivity contribution is -0.113. The van der Waals surface area contributed by atoms with Crippen molar-refractivity contribution < 1.29 is 24.2 Å². The Morgan fingerprint density at radius 1 is 1.16 bits per heavy atom. The van der Waals surface area contributed by atoms with E-state index in [9.17, 15) is 14.7 Å². The zero-order chi connectivity index (χ0) is 25.6. The van der Waals surface area contributed by atoms with Crippen LogP contribution in [0.2, 0.25) is 0 Å². The number of amides is 2. The molecule has 10 heteroatoms. The number of rotatable bonds is 5. The molecule has 6 rings (SSSR count). The number of pyridine rings is 2. The molecule has 4 heterocycles. The van der Waals surface area contributed by atoms with Gasteiger partial charge in [-0.1, -0.05) is 0 Å². The molecule has 3 aliphatic rings.